The van der Waals surface area contributed by atoms with Crippen molar-refractivity contribution in [3.63, 3.8) is 0 Å². The van der Waals surface area contributed by atoms with E-state index < -0.39 is 23.2 Å². The lowest BCUT2D eigenvalue weighted by Crippen LogP contribution is -2.52. The molecule has 39 heavy (non-hydrogen) atoms. The van der Waals surface area contributed by atoms with Gasteiger partial charge in [-0.25, -0.2) is 14.2 Å². The van der Waals surface area contributed by atoms with E-state index in [1.54, 1.807) is 4.90 Å². The summed E-state index contributed by atoms with van der Waals surface area (Å²) < 4.78 is 28.9. The molecule has 0 aliphatic carbocycles. The molecule has 1 N–H and O–H groups in total. The lowest BCUT2D eigenvalue weighted by atomic mass is 9.85. The number of halogens is 1. The predicted molar refractivity (Wildman–Crippen MR) is 153 cm³/mol. The van der Waals surface area contributed by atoms with Crippen molar-refractivity contribution in [2.75, 3.05) is 6.61 Å². The van der Waals surface area contributed by atoms with Crippen molar-refractivity contribution in [2.24, 2.45) is 18.9 Å². The second-order valence-corrected chi connectivity index (χ2v) is 14.1. The summed E-state index contributed by atoms with van der Waals surface area (Å²) in [6.07, 6.45) is 1.32. The van der Waals surface area contributed by atoms with E-state index in [0.29, 0.717) is 31.0 Å². The maximum Gasteiger partial charge on any atom is 0.412 e. The van der Waals surface area contributed by atoms with E-state index >= 15 is 4.39 Å². The molecule has 3 rings (SSSR count). The molecular weight excluding hydrogens is 497 g/mol. The largest absolute Gasteiger partial charge is 0.444 e. The molecule has 3 heterocycles. The first-order chi connectivity index (χ1) is 17.8. The standard InChI is InChI=1S/C31H50FN3O4/c1-19(2)15-20(23-18-38-31(9,10)35(23)28(37)39-30(6,7)8)13-12-14-24(36)26-22(32)16-21-17-25(29(3,4)5)34(11)27(21)33-26/h16-17,19-20,23-24,36H,12-15,18H2,1-11H3. The first kappa shape index (κ1) is 31.3. The molecule has 1 aliphatic rings. The van der Waals surface area contributed by atoms with Crippen molar-refractivity contribution >= 4 is 17.1 Å². The third-order valence-electron chi connectivity index (χ3n) is 7.55. The maximum atomic E-state index is 15.1. The van der Waals surface area contributed by atoms with Crippen molar-refractivity contribution in [3.8, 4) is 0 Å². The number of carbonyl (C=O) groups is 1. The van der Waals surface area contributed by atoms with Crippen molar-refractivity contribution < 1.29 is 23.8 Å². The summed E-state index contributed by atoms with van der Waals surface area (Å²) in [6, 6.07) is 3.31. The Morgan fingerprint density at radius 3 is 2.41 bits per heavy atom. The molecule has 1 amide bonds. The Bertz CT molecular complexity index is 1160. The zero-order chi connectivity index (χ0) is 29.5. The van der Waals surface area contributed by atoms with E-state index in [4.69, 9.17) is 9.47 Å². The van der Waals surface area contributed by atoms with E-state index in [1.807, 2.05) is 52.3 Å². The number of pyridine rings is 1. The van der Waals surface area contributed by atoms with Crippen LogP contribution in [-0.2, 0) is 21.9 Å². The Kier molecular flexibility index (Phi) is 9.13. The minimum atomic E-state index is -1.01. The fourth-order valence-electron chi connectivity index (χ4n) is 5.82. The summed E-state index contributed by atoms with van der Waals surface area (Å²) in [5, 5.41) is 11.7. The number of amides is 1. The van der Waals surface area contributed by atoms with Crippen LogP contribution in [0.15, 0.2) is 12.1 Å². The normalized spacial score (nSPS) is 19.6. The van der Waals surface area contributed by atoms with Gasteiger partial charge in [0, 0.05) is 23.5 Å². The van der Waals surface area contributed by atoms with Crippen molar-refractivity contribution in [3.05, 3.63) is 29.3 Å². The molecule has 1 saturated heterocycles. The topological polar surface area (TPSA) is 76.8 Å². The quantitative estimate of drug-likeness (QED) is 0.377. The van der Waals surface area contributed by atoms with Crippen LogP contribution in [0.3, 0.4) is 0 Å². The van der Waals surface area contributed by atoms with Crippen LogP contribution in [0.2, 0.25) is 0 Å². The van der Waals surface area contributed by atoms with Crippen LogP contribution in [-0.4, -0.2) is 49.6 Å². The Balaban J connectivity index is 1.77. The lowest BCUT2D eigenvalue weighted by Gasteiger charge is -2.38. The van der Waals surface area contributed by atoms with Gasteiger partial charge in [-0.15, -0.1) is 0 Å². The van der Waals surface area contributed by atoms with E-state index in [-0.39, 0.29) is 29.2 Å². The molecule has 1 aliphatic heterocycles. The molecule has 0 bridgehead atoms. The Morgan fingerprint density at radius 2 is 1.85 bits per heavy atom. The molecule has 0 aromatic carbocycles. The fourth-order valence-corrected chi connectivity index (χ4v) is 5.82. The maximum absolute atomic E-state index is 15.1. The lowest BCUT2D eigenvalue weighted by molar-refractivity contribution is -0.0650. The number of nitrogens with zero attached hydrogens (tertiary/aromatic N) is 3. The molecule has 2 aromatic heterocycles. The molecule has 2 aromatic rings. The summed E-state index contributed by atoms with van der Waals surface area (Å²) >= 11 is 0. The highest BCUT2D eigenvalue weighted by molar-refractivity contribution is 5.78. The molecular formula is C31H50FN3O4. The third-order valence-corrected chi connectivity index (χ3v) is 7.55. The monoisotopic (exact) mass is 547 g/mol. The zero-order valence-corrected chi connectivity index (χ0v) is 25.9. The number of hydrogen-bond donors (Lipinski definition) is 1. The minimum absolute atomic E-state index is 0.0882. The highest BCUT2D eigenvalue weighted by Crippen LogP contribution is 2.38. The van der Waals surface area contributed by atoms with Crippen LogP contribution in [0.5, 0.6) is 0 Å². The molecule has 3 unspecified atom stereocenters. The second kappa shape index (κ2) is 11.4. The molecule has 3 atom stereocenters. The summed E-state index contributed by atoms with van der Waals surface area (Å²) in [6.45, 7) is 20.5. The van der Waals surface area contributed by atoms with Crippen molar-refractivity contribution in [1.82, 2.24) is 14.5 Å². The van der Waals surface area contributed by atoms with Gasteiger partial charge in [0.1, 0.15) is 28.5 Å². The van der Waals surface area contributed by atoms with E-state index in [2.05, 4.69) is 39.6 Å². The van der Waals surface area contributed by atoms with Crippen LogP contribution < -0.4 is 0 Å². The predicted octanol–water partition coefficient (Wildman–Crippen LogP) is 7.25. The Morgan fingerprint density at radius 1 is 1.21 bits per heavy atom. The first-order valence-electron chi connectivity index (χ1n) is 14.3. The van der Waals surface area contributed by atoms with Gasteiger partial charge in [0.2, 0.25) is 0 Å². The number of aliphatic hydroxyl groups is 1. The number of aliphatic hydroxyl groups excluding tert-OH is 1. The van der Waals surface area contributed by atoms with Crippen LogP contribution in [0.1, 0.15) is 112 Å². The average molecular weight is 548 g/mol. The number of hydrogen-bond acceptors (Lipinski definition) is 5. The number of aryl methyl sites for hydroxylation is 1. The molecule has 0 spiro atoms. The van der Waals surface area contributed by atoms with Gasteiger partial charge in [-0.3, -0.25) is 4.90 Å². The third kappa shape index (κ3) is 7.31. The van der Waals surface area contributed by atoms with E-state index in [1.165, 1.54) is 6.07 Å². The fraction of sp³-hybridized carbons (Fsp3) is 0.742. The van der Waals surface area contributed by atoms with Gasteiger partial charge < -0.3 is 19.1 Å². The highest BCUT2D eigenvalue weighted by atomic mass is 19.1. The molecule has 7 nitrogen and oxygen atoms in total. The van der Waals surface area contributed by atoms with Crippen molar-refractivity contribution in [1.29, 1.82) is 0 Å². The molecule has 0 saturated carbocycles. The van der Waals surface area contributed by atoms with Gasteiger partial charge in [-0.2, -0.15) is 0 Å². The number of rotatable bonds is 8. The van der Waals surface area contributed by atoms with Crippen LogP contribution in [0.4, 0.5) is 9.18 Å². The van der Waals surface area contributed by atoms with Gasteiger partial charge in [-0.05, 0) is 77.8 Å². The molecule has 8 heteroatoms. The SMILES string of the molecule is CC(C)CC(CCCC(O)c1nc2c(cc1F)cc(C(C)(C)C)n2C)C1COC(C)(C)N1C(=O)OC(C)(C)C. The number of aromatic nitrogens is 2. The van der Waals surface area contributed by atoms with Crippen molar-refractivity contribution in [2.45, 2.75) is 124 Å². The number of ether oxygens (including phenoxy) is 2. The zero-order valence-electron chi connectivity index (χ0n) is 25.9. The summed E-state index contributed by atoms with van der Waals surface area (Å²) in [5.41, 5.74) is 0.329. The Labute approximate surface area is 234 Å². The van der Waals surface area contributed by atoms with Gasteiger partial charge in [0.15, 0.2) is 0 Å². The number of carbonyl (C=O) groups excluding carboxylic acids is 1. The molecule has 1 fully saturated rings. The van der Waals surface area contributed by atoms with Crippen LogP contribution in [0.25, 0.3) is 11.0 Å². The number of fused-ring (bicyclic) bond motifs is 1. The summed E-state index contributed by atoms with van der Waals surface area (Å²) in [7, 11) is 1.93. The van der Waals surface area contributed by atoms with E-state index in [0.717, 1.165) is 23.9 Å². The van der Waals surface area contributed by atoms with E-state index in [9.17, 15) is 9.90 Å². The average Bonchev–Trinajstić information content (AvgIpc) is 3.26. The van der Waals surface area contributed by atoms with Gasteiger partial charge in [0.25, 0.3) is 0 Å². The summed E-state index contributed by atoms with van der Waals surface area (Å²) in [4.78, 5) is 19.5. The van der Waals surface area contributed by atoms with Gasteiger partial charge >= 0.3 is 6.09 Å². The molecule has 220 valence electrons. The van der Waals surface area contributed by atoms with Crippen LogP contribution in [0, 0.1) is 17.7 Å². The smallest absolute Gasteiger partial charge is 0.412 e. The highest BCUT2D eigenvalue weighted by Gasteiger charge is 2.48. The summed E-state index contributed by atoms with van der Waals surface area (Å²) in [5.74, 6) is 0.0795. The second-order valence-electron chi connectivity index (χ2n) is 14.1. The minimum Gasteiger partial charge on any atom is -0.444 e. The first-order valence-corrected chi connectivity index (χ1v) is 14.3. The van der Waals surface area contributed by atoms with Gasteiger partial charge in [0.05, 0.1) is 18.8 Å². The molecule has 0 radical (unpaired) electrons. The Hall–Kier alpha value is -2.19. The van der Waals surface area contributed by atoms with Crippen LogP contribution >= 0.6 is 0 Å². The van der Waals surface area contributed by atoms with Gasteiger partial charge in [-0.1, -0.05) is 41.0 Å².